The quantitative estimate of drug-likeness (QED) is 0.431. The summed E-state index contributed by atoms with van der Waals surface area (Å²) in [6.45, 7) is 7.90. The van der Waals surface area contributed by atoms with Gasteiger partial charge in [0.25, 0.3) is 0 Å². The first-order valence-electron chi connectivity index (χ1n) is 4.58. The first kappa shape index (κ1) is 13.8. The molecule has 0 saturated heterocycles. The normalized spacial score (nSPS) is 11.6. The highest BCUT2D eigenvalue weighted by Crippen LogP contribution is 2.07. The van der Waals surface area contributed by atoms with Crippen molar-refractivity contribution >= 4 is 8.56 Å². The average molecular weight is 220 g/mol. The molecule has 0 aromatic rings. The first-order valence-corrected chi connectivity index (χ1v) is 6.97. The topological polar surface area (TPSA) is 36.9 Å². The Hall–Kier alpha value is -0.203. The number of methoxy groups -OCH3 is 2. The van der Waals surface area contributed by atoms with Gasteiger partial charge in [-0.25, -0.2) is 0 Å². The number of hydrogen-bond donors (Lipinski definition) is 0. The summed E-state index contributed by atoms with van der Waals surface area (Å²) in [5.74, 6) is 0. The lowest BCUT2D eigenvalue weighted by atomic mass is 10.8. The van der Waals surface area contributed by atoms with E-state index in [2.05, 4.69) is 6.58 Å². The molecule has 0 rings (SSSR count). The van der Waals surface area contributed by atoms with Crippen LogP contribution in [0.1, 0.15) is 0 Å². The minimum absolute atomic E-state index is 0.540. The maximum absolute atomic E-state index is 5.58. The molecule has 0 amide bonds. The van der Waals surface area contributed by atoms with Gasteiger partial charge in [0, 0.05) is 14.2 Å². The largest absolute Gasteiger partial charge is 0.389 e. The molecule has 84 valence electrons. The van der Waals surface area contributed by atoms with Crippen molar-refractivity contribution < 1.29 is 18.3 Å². The van der Waals surface area contributed by atoms with E-state index in [9.17, 15) is 0 Å². The van der Waals surface area contributed by atoms with Crippen LogP contribution in [0.3, 0.4) is 0 Å². The van der Waals surface area contributed by atoms with Crippen molar-refractivity contribution in [3.63, 3.8) is 0 Å². The smallest absolute Gasteiger partial charge is 0.361 e. The summed E-state index contributed by atoms with van der Waals surface area (Å²) in [5.41, 5.74) is 1.76. The Kier molecular flexibility index (Phi) is 8.02. The van der Waals surface area contributed by atoms with Crippen molar-refractivity contribution in [2.24, 2.45) is 0 Å². The Labute approximate surface area is 87.1 Å². The van der Waals surface area contributed by atoms with Gasteiger partial charge in [-0.05, 0) is 12.2 Å². The minimum Gasteiger partial charge on any atom is -0.389 e. The van der Waals surface area contributed by atoms with Crippen LogP contribution in [0.15, 0.2) is 12.3 Å². The van der Waals surface area contributed by atoms with E-state index in [-0.39, 0.29) is 0 Å². The fourth-order valence-corrected chi connectivity index (χ4v) is 2.11. The highest BCUT2D eigenvalue weighted by Gasteiger charge is 2.27. The van der Waals surface area contributed by atoms with Gasteiger partial charge < -0.3 is 18.3 Å². The summed E-state index contributed by atoms with van der Waals surface area (Å²) in [4.78, 5) is 0. The molecule has 5 heteroatoms. The molecule has 0 N–H and O–H groups in total. The second-order valence-corrected chi connectivity index (χ2v) is 5.92. The zero-order chi connectivity index (χ0) is 10.9. The maximum atomic E-state index is 5.58. The van der Waals surface area contributed by atoms with Crippen LogP contribution in [0.2, 0.25) is 6.55 Å². The highest BCUT2D eigenvalue weighted by molar-refractivity contribution is 6.71. The van der Waals surface area contributed by atoms with Gasteiger partial charge in [-0.3, -0.25) is 0 Å². The zero-order valence-corrected chi connectivity index (χ0v) is 10.2. The van der Waals surface area contributed by atoms with Crippen molar-refractivity contribution in [3.05, 3.63) is 12.3 Å². The maximum Gasteiger partial charge on any atom is 0.361 e. The van der Waals surface area contributed by atoms with E-state index >= 15 is 0 Å². The lowest BCUT2D eigenvalue weighted by Gasteiger charge is -2.23. The third-order valence-electron chi connectivity index (χ3n) is 1.72. The standard InChI is InChI=1S/C9H20O4Si/c1-5-14(4,12-8-6-10-2)13-9-7-11-3/h5H,1,6-9H2,2-4H3. The molecule has 0 bridgehead atoms. The van der Waals surface area contributed by atoms with E-state index in [0.717, 1.165) is 0 Å². The highest BCUT2D eigenvalue weighted by atomic mass is 28.4. The van der Waals surface area contributed by atoms with Crippen molar-refractivity contribution in [3.8, 4) is 0 Å². The predicted octanol–water partition coefficient (Wildman–Crippen LogP) is 1.11. The number of ether oxygens (including phenoxy) is 2. The monoisotopic (exact) mass is 220 g/mol. The summed E-state index contributed by atoms with van der Waals surface area (Å²) < 4.78 is 20.9. The van der Waals surface area contributed by atoms with Crippen LogP contribution in [0.5, 0.6) is 0 Å². The molecule has 0 heterocycles. The van der Waals surface area contributed by atoms with Gasteiger partial charge in [-0.15, -0.1) is 6.58 Å². The Morgan fingerprint density at radius 3 is 1.71 bits per heavy atom. The predicted molar refractivity (Wildman–Crippen MR) is 57.5 cm³/mol. The molecule has 0 unspecified atom stereocenters. The van der Waals surface area contributed by atoms with E-state index in [1.807, 2.05) is 6.55 Å². The molecule has 0 aromatic carbocycles. The summed E-state index contributed by atoms with van der Waals surface area (Å²) in [6, 6.07) is 0. The van der Waals surface area contributed by atoms with Crippen molar-refractivity contribution in [2.45, 2.75) is 6.55 Å². The first-order chi connectivity index (χ1) is 6.68. The minimum atomic E-state index is -2.19. The molecule has 0 radical (unpaired) electrons. The van der Waals surface area contributed by atoms with Gasteiger partial charge >= 0.3 is 8.56 Å². The molecule has 0 fully saturated rings. The van der Waals surface area contributed by atoms with E-state index in [1.54, 1.807) is 19.9 Å². The van der Waals surface area contributed by atoms with Crippen LogP contribution in [0, 0.1) is 0 Å². The van der Waals surface area contributed by atoms with E-state index < -0.39 is 8.56 Å². The molecule has 0 spiro atoms. The SMILES string of the molecule is C=C[Si](C)(OCCOC)OCCOC. The Balaban J connectivity index is 3.73. The van der Waals surface area contributed by atoms with E-state index in [0.29, 0.717) is 26.4 Å². The summed E-state index contributed by atoms with van der Waals surface area (Å²) in [6.07, 6.45) is 0. The van der Waals surface area contributed by atoms with Crippen molar-refractivity contribution in [1.29, 1.82) is 0 Å². The third kappa shape index (κ3) is 6.28. The Bertz CT molecular complexity index is 142. The van der Waals surface area contributed by atoms with Gasteiger partial charge in [0.05, 0.1) is 26.4 Å². The molecule has 0 saturated carbocycles. The van der Waals surface area contributed by atoms with Crippen LogP contribution >= 0.6 is 0 Å². The lowest BCUT2D eigenvalue weighted by Crippen LogP contribution is -2.38. The number of hydrogen-bond acceptors (Lipinski definition) is 4. The molecule has 0 aromatic heterocycles. The van der Waals surface area contributed by atoms with Crippen LogP contribution < -0.4 is 0 Å². The summed E-state index contributed by atoms with van der Waals surface area (Å²) in [7, 11) is 1.09. The van der Waals surface area contributed by atoms with Crippen LogP contribution in [-0.4, -0.2) is 49.2 Å². The second-order valence-electron chi connectivity index (χ2n) is 2.90. The average Bonchev–Trinajstić information content (AvgIpc) is 2.19. The van der Waals surface area contributed by atoms with Gasteiger partial charge in [0.15, 0.2) is 0 Å². The lowest BCUT2D eigenvalue weighted by molar-refractivity contribution is 0.0937. The fraction of sp³-hybridized carbons (Fsp3) is 0.778. The van der Waals surface area contributed by atoms with Crippen molar-refractivity contribution in [2.75, 3.05) is 40.6 Å². The molecule has 4 nitrogen and oxygen atoms in total. The van der Waals surface area contributed by atoms with Gasteiger partial charge in [-0.1, -0.05) is 0 Å². The summed E-state index contributed by atoms with van der Waals surface area (Å²) >= 11 is 0. The van der Waals surface area contributed by atoms with Crippen LogP contribution in [-0.2, 0) is 18.3 Å². The molecule has 0 aliphatic rings. The molecule has 0 aliphatic carbocycles. The van der Waals surface area contributed by atoms with E-state index in [4.69, 9.17) is 18.3 Å². The molecular formula is C9H20O4Si. The fourth-order valence-electron chi connectivity index (χ4n) is 0.815. The Morgan fingerprint density at radius 2 is 1.43 bits per heavy atom. The molecule has 0 aliphatic heterocycles. The third-order valence-corrected chi connectivity index (χ3v) is 4.02. The van der Waals surface area contributed by atoms with Crippen LogP contribution in [0.4, 0.5) is 0 Å². The van der Waals surface area contributed by atoms with Crippen LogP contribution in [0.25, 0.3) is 0 Å². The van der Waals surface area contributed by atoms with Gasteiger partial charge in [0.1, 0.15) is 0 Å². The van der Waals surface area contributed by atoms with Gasteiger partial charge in [0.2, 0.25) is 0 Å². The van der Waals surface area contributed by atoms with Crippen molar-refractivity contribution in [1.82, 2.24) is 0 Å². The zero-order valence-electron chi connectivity index (χ0n) is 9.25. The second kappa shape index (κ2) is 8.13. The Morgan fingerprint density at radius 1 is 1.00 bits per heavy atom. The molecular weight excluding hydrogens is 200 g/mol. The van der Waals surface area contributed by atoms with Gasteiger partial charge in [-0.2, -0.15) is 0 Å². The summed E-state index contributed by atoms with van der Waals surface area (Å²) in [5, 5.41) is 0. The molecule has 14 heavy (non-hydrogen) atoms. The molecule has 0 atom stereocenters. The number of rotatable bonds is 9. The van der Waals surface area contributed by atoms with E-state index in [1.165, 1.54) is 0 Å².